The van der Waals surface area contributed by atoms with Crippen molar-refractivity contribution in [2.75, 3.05) is 11.9 Å². The SMILES string of the molecule is NS(=O)(=O)c1ccc(NC(=O)C2CCCCN2)c(Br)c1. The molecule has 1 aromatic rings. The highest BCUT2D eigenvalue weighted by Gasteiger charge is 2.21. The first-order chi connectivity index (χ1) is 9.38. The Labute approximate surface area is 126 Å². The van der Waals surface area contributed by atoms with Crippen LogP contribution in [0.2, 0.25) is 0 Å². The van der Waals surface area contributed by atoms with Gasteiger partial charge in [-0.05, 0) is 53.5 Å². The maximum absolute atomic E-state index is 12.1. The van der Waals surface area contributed by atoms with Gasteiger partial charge in [0.1, 0.15) is 0 Å². The van der Waals surface area contributed by atoms with Crippen molar-refractivity contribution < 1.29 is 13.2 Å². The van der Waals surface area contributed by atoms with E-state index in [0.717, 1.165) is 25.8 Å². The van der Waals surface area contributed by atoms with E-state index in [1.165, 1.54) is 18.2 Å². The van der Waals surface area contributed by atoms with Gasteiger partial charge < -0.3 is 10.6 Å². The van der Waals surface area contributed by atoms with Gasteiger partial charge in [0.2, 0.25) is 15.9 Å². The van der Waals surface area contributed by atoms with Gasteiger partial charge in [-0.1, -0.05) is 6.42 Å². The van der Waals surface area contributed by atoms with E-state index in [9.17, 15) is 13.2 Å². The maximum Gasteiger partial charge on any atom is 0.241 e. The lowest BCUT2D eigenvalue weighted by molar-refractivity contribution is -0.118. The van der Waals surface area contributed by atoms with Crippen LogP contribution in [0.3, 0.4) is 0 Å². The Hall–Kier alpha value is -0.960. The minimum Gasteiger partial charge on any atom is -0.324 e. The van der Waals surface area contributed by atoms with Gasteiger partial charge in [0.25, 0.3) is 0 Å². The molecular formula is C12H16BrN3O3S. The fraction of sp³-hybridized carbons (Fsp3) is 0.417. The second kappa shape index (κ2) is 6.21. The summed E-state index contributed by atoms with van der Waals surface area (Å²) in [6.07, 6.45) is 2.91. The smallest absolute Gasteiger partial charge is 0.241 e. The predicted molar refractivity (Wildman–Crippen MR) is 79.8 cm³/mol. The predicted octanol–water partition coefficient (Wildman–Crippen LogP) is 1.18. The maximum atomic E-state index is 12.1. The summed E-state index contributed by atoms with van der Waals surface area (Å²) in [5.41, 5.74) is 0.523. The number of carbonyl (C=O) groups excluding carboxylic acids is 1. The molecule has 1 heterocycles. The third-order valence-electron chi connectivity index (χ3n) is 3.15. The molecule has 1 aliphatic heterocycles. The van der Waals surface area contributed by atoms with Crippen molar-refractivity contribution in [3.05, 3.63) is 22.7 Å². The summed E-state index contributed by atoms with van der Waals surface area (Å²) in [7, 11) is -3.75. The molecule has 8 heteroatoms. The first-order valence-corrected chi connectivity index (χ1v) is 8.58. The first kappa shape index (κ1) is 15.4. The Kier molecular flexibility index (Phi) is 4.79. The molecule has 2 rings (SSSR count). The fourth-order valence-electron chi connectivity index (χ4n) is 2.07. The minimum absolute atomic E-state index is 0.00170. The fourth-order valence-corrected chi connectivity index (χ4v) is 3.24. The van der Waals surface area contributed by atoms with Crippen molar-refractivity contribution in [2.24, 2.45) is 5.14 Å². The number of anilines is 1. The zero-order valence-corrected chi connectivity index (χ0v) is 13.1. The molecule has 6 nitrogen and oxygen atoms in total. The molecule has 1 atom stereocenters. The van der Waals surface area contributed by atoms with Gasteiger partial charge in [0.15, 0.2) is 0 Å². The summed E-state index contributed by atoms with van der Waals surface area (Å²) >= 11 is 3.24. The number of piperidine rings is 1. The van der Waals surface area contributed by atoms with Crippen LogP contribution in [0.15, 0.2) is 27.6 Å². The number of nitrogens with two attached hydrogens (primary N) is 1. The molecule has 0 saturated carbocycles. The van der Waals surface area contributed by atoms with Crippen LogP contribution >= 0.6 is 15.9 Å². The Bertz CT molecular complexity index is 612. The number of carbonyl (C=O) groups is 1. The van der Waals surface area contributed by atoms with Gasteiger partial charge in [-0.15, -0.1) is 0 Å². The normalized spacial score (nSPS) is 19.6. The monoisotopic (exact) mass is 361 g/mol. The quantitative estimate of drug-likeness (QED) is 0.752. The molecule has 1 aliphatic rings. The number of hydrogen-bond acceptors (Lipinski definition) is 4. The van der Waals surface area contributed by atoms with Crippen molar-refractivity contribution >= 4 is 37.5 Å². The van der Waals surface area contributed by atoms with E-state index in [-0.39, 0.29) is 16.8 Å². The summed E-state index contributed by atoms with van der Waals surface area (Å²) in [5, 5.41) is 11.0. The average molecular weight is 362 g/mol. The number of hydrogen-bond donors (Lipinski definition) is 3. The molecule has 20 heavy (non-hydrogen) atoms. The molecule has 1 fully saturated rings. The number of nitrogens with one attached hydrogen (secondary N) is 2. The van der Waals surface area contributed by atoms with Crippen molar-refractivity contribution in [2.45, 2.75) is 30.2 Å². The summed E-state index contributed by atoms with van der Waals surface area (Å²) < 4.78 is 22.9. The number of primary sulfonamides is 1. The van der Waals surface area contributed by atoms with E-state index >= 15 is 0 Å². The molecule has 0 spiro atoms. The number of halogens is 1. The minimum atomic E-state index is -3.75. The lowest BCUT2D eigenvalue weighted by atomic mass is 10.0. The first-order valence-electron chi connectivity index (χ1n) is 6.24. The van der Waals surface area contributed by atoms with Crippen LogP contribution in [-0.2, 0) is 14.8 Å². The van der Waals surface area contributed by atoms with Gasteiger partial charge >= 0.3 is 0 Å². The summed E-state index contributed by atoms with van der Waals surface area (Å²) in [5.74, 6) is -0.117. The standard InChI is InChI=1S/C12H16BrN3O3S/c13-9-7-8(20(14,18)19)4-5-10(9)16-12(17)11-3-1-2-6-15-11/h4-5,7,11,15H,1-3,6H2,(H,16,17)(H2,14,18,19). The molecular weight excluding hydrogens is 346 g/mol. The van der Waals surface area contributed by atoms with Crippen molar-refractivity contribution in [3.63, 3.8) is 0 Å². The van der Waals surface area contributed by atoms with E-state index in [1.54, 1.807) is 0 Å². The highest BCUT2D eigenvalue weighted by Crippen LogP contribution is 2.25. The van der Waals surface area contributed by atoms with Gasteiger partial charge in [-0.3, -0.25) is 4.79 Å². The second-order valence-electron chi connectivity index (χ2n) is 4.68. The number of rotatable bonds is 3. The van der Waals surface area contributed by atoms with Crippen LogP contribution in [0.25, 0.3) is 0 Å². The van der Waals surface area contributed by atoms with E-state index < -0.39 is 10.0 Å². The third kappa shape index (κ3) is 3.78. The van der Waals surface area contributed by atoms with Crippen molar-refractivity contribution in [1.82, 2.24) is 5.32 Å². The van der Waals surface area contributed by atoms with Crippen LogP contribution < -0.4 is 15.8 Å². The van der Waals surface area contributed by atoms with Crippen LogP contribution in [0, 0.1) is 0 Å². The van der Waals surface area contributed by atoms with Gasteiger partial charge in [-0.25, -0.2) is 13.6 Å². The molecule has 1 amide bonds. The molecule has 4 N–H and O–H groups in total. The van der Waals surface area contributed by atoms with Crippen LogP contribution in [0.4, 0.5) is 5.69 Å². The lowest BCUT2D eigenvalue weighted by Crippen LogP contribution is -2.43. The van der Waals surface area contributed by atoms with E-state index in [4.69, 9.17) is 5.14 Å². The van der Waals surface area contributed by atoms with Gasteiger partial charge in [0.05, 0.1) is 16.6 Å². The highest BCUT2D eigenvalue weighted by molar-refractivity contribution is 9.10. The molecule has 0 bridgehead atoms. The molecule has 0 aromatic heterocycles. The molecule has 0 aliphatic carbocycles. The second-order valence-corrected chi connectivity index (χ2v) is 7.09. The number of benzene rings is 1. The largest absolute Gasteiger partial charge is 0.324 e. The lowest BCUT2D eigenvalue weighted by Gasteiger charge is -2.22. The summed E-state index contributed by atoms with van der Waals surface area (Å²) in [6.45, 7) is 0.837. The number of sulfonamides is 1. The number of amides is 1. The average Bonchev–Trinajstić information content (AvgIpc) is 2.41. The zero-order chi connectivity index (χ0) is 14.8. The summed E-state index contributed by atoms with van der Waals surface area (Å²) in [6, 6.07) is 4.06. The molecule has 1 saturated heterocycles. The van der Waals surface area contributed by atoms with Crippen molar-refractivity contribution in [1.29, 1.82) is 0 Å². The zero-order valence-electron chi connectivity index (χ0n) is 10.7. The summed E-state index contributed by atoms with van der Waals surface area (Å²) in [4.78, 5) is 12.1. The van der Waals surface area contributed by atoms with Gasteiger partial charge in [-0.2, -0.15) is 0 Å². The van der Waals surface area contributed by atoms with Crippen molar-refractivity contribution in [3.8, 4) is 0 Å². The topological polar surface area (TPSA) is 101 Å². The van der Waals surface area contributed by atoms with E-state index in [2.05, 4.69) is 26.6 Å². The Morgan fingerprint density at radius 2 is 2.15 bits per heavy atom. The molecule has 110 valence electrons. The van der Waals surface area contributed by atoms with E-state index in [1.807, 2.05) is 0 Å². The third-order valence-corrected chi connectivity index (χ3v) is 4.72. The Morgan fingerprint density at radius 1 is 1.40 bits per heavy atom. The van der Waals surface area contributed by atoms with Crippen LogP contribution in [0.5, 0.6) is 0 Å². The van der Waals surface area contributed by atoms with Gasteiger partial charge in [0, 0.05) is 4.47 Å². The highest BCUT2D eigenvalue weighted by atomic mass is 79.9. The molecule has 1 unspecified atom stereocenters. The van der Waals surface area contributed by atoms with Crippen LogP contribution in [-0.4, -0.2) is 26.9 Å². The molecule has 1 aromatic carbocycles. The Balaban J connectivity index is 2.11. The Morgan fingerprint density at radius 3 is 2.70 bits per heavy atom. The van der Waals surface area contributed by atoms with E-state index in [0.29, 0.717) is 10.2 Å². The molecule has 0 radical (unpaired) electrons. The van der Waals surface area contributed by atoms with Crippen LogP contribution in [0.1, 0.15) is 19.3 Å².